The van der Waals surface area contributed by atoms with Gasteiger partial charge < -0.3 is 10.1 Å². The van der Waals surface area contributed by atoms with Crippen molar-refractivity contribution in [2.24, 2.45) is 0 Å². The number of anilines is 1. The summed E-state index contributed by atoms with van der Waals surface area (Å²) in [6.45, 7) is 0. The third-order valence-electron chi connectivity index (χ3n) is 4.49. The van der Waals surface area contributed by atoms with E-state index in [0.717, 1.165) is 6.07 Å². The highest BCUT2D eigenvalue weighted by atomic mass is 35.5. The molecule has 172 valence electrons. The fraction of sp³-hybridized carbons (Fsp3) is 0.174. The number of hydrogen-bond acceptors (Lipinski definition) is 5. The van der Waals surface area contributed by atoms with Gasteiger partial charge in [0.15, 0.2) is 5.78 Å². The summed E-state index contributed by atoms with van der Waals surface area (Å²) in [7, 11) is 0. The number of ether oxygens (including phenoxy) is 1. The number of ketones is 1. The SMILES string of the molecule is O=C(CCC(=O)c1cccs1)O[C@@H](C(=O)Nc1ccc(Cl)cc1C(F)(F)F)c1ccccc1. The summed E-state index contributed by atoms with van der Waals surface area (Å²) in [5.74, 6) is -2.07. The van der Waals surface area contributed by atoms with Crippen LogP contribution in [0.5, 0.6) is 0 Å². The number of carbonyl (C=O) groups excluding carboxylic acids is 3. The van der Waals surface area contributed by atoms with Gasteiger partial charge in [0.1, 0.15) is 0 Å². The van der Waals surface area contributed by atoms with Crippen LogP contribution in [0.25, 0.3) is 0 Å². The number of Topliss-reactive ketones (excluding diaryl/α,β-unsaturated/α-hetero) is 1. The van der Waals surface area contributed by atoms with E-state index < -0.39 is 35.4 Å². The maximum absolute atomic E-state index is 13.4. The molecule has 10 heteroatoms. The maximum atomic E-state index is 13.4. The van der Waals surface area contributed by atoms with Gasteiger partial charge in [-0.25, -0.2) is 0 Å². The molecule has 2 aromatic carbocycles. The van der Waals surface area contributed by atoms with Crippen LogP contribution in [0.3, 0.4) is 0 Å². The van der Waals surface area contributed by atoms with E-state index in [-0.39, 0.29) is 29.2 Å². The number of thiophene rings is 1. The first-order valence-corrected chi connectivity index (χ1v) is 10.9. The lowest BCUT2D eigenvalue weighted by Crippen LogP contribution is -2.27. The van der Waals surface area contributed by atoms with Gasteiger partial charge in [-0.2, -0.15) is 13.2 Å². The van der Waals surface area contributed by atoms with Crippen molar-refractivity contribution in [2.45, 2.75) is 25.1 Å². The summed E-state index contributed by atoms with van der Waals surface area (Å²) >= 11 is 6.91. The van der Waals surface area contributed by atoms with Crippen LogP contribution >= 0.6 is 22.9 Å². The van der Waals surface area contributed by atoms with Crippen molar-refractivity contribution in [2.75, 3.05) is 5.32 Å². The molecule has 1 N–H and O–H groups in total. The smallest absolute Gasteiger partial charge is 0.418 e. The quantitative estimate of drug-likeness (QED) is 0.294. The molecule has 0 unspecified atom stereocenters. The van der Waals surface area contributed by atoms with Gasteiger partial charge in [-0.1, -0.05) is 48.0 Å². The van der Waals surface area contributed by atoms with Crippen LogP contribution in [-0.4, -0.2) is 17.7 Å². The summed E-state index contributed by atoms with van der Waals surface area (Å²) in [5.41, 5.74) is -1.40. The van der Waals surface area contributed by atoms with E-state index in [9.17, 15) is 27.6 Å². The van der Waals surface area contributed by atoms with E-state index in [1.165, 1.54) is 29.5 Å². The summed E-state index contributed by atoms with van der Waals surface area (Å²) in [4.78, 5) is 37.9. The molecule has 1 aromatic heterocycles. The lowest BCUT2D eigenvalue weighted by molar-refractivity contribution is -0.154. The number of amides is 1. The molecule has 0 bridgehead atoms. The number of esters is 1. The monoisotopic (exact) mass is 495 g/mol. The molecular weight excluding hydrogens is 479 g/mol. The standard InChI is InChI=1S/C23H17ClF3NO4S/c24-15-8-9-17(16(13-15)23(25,26)27)28-22(31)21(14-5-2-1-3-6-14)32-20(30)11-10-18(29)19-7-4-12-33-19/h1-9,12-13,21H,10-11H2,(H,28,31)/t21-/m1/s1. The first-order valence-electron chi connectivity index (χ1n) is 9.64. The highest BCUT2D eigenvalue weighted by molar-refractivity contribution is 7.12. The fourth-order valence-electron chi connectivity index (χ4n) is 2.93. The van der Waals surface area contributed by atoms with Crippen LogP contribution in [0.2, 0.25) is 5.02 Å². The van der Waals surface area contributed by atoms with E-state index in [2.05, 4.69) is 5.32 Å². The Bertz CT molecular complexity index is 1130. The molecule has 0 aliphatic rings. The number of alkyl halides is 3. The van der Waals surface area contributed by atoms with E-state index in [1.54, 1.807) is 35.7 Å². The molecular formula is C23H17ClF3NO4S. The molecule has 33 heavy (non-hydrogen) atoms. The molecule has 0 aliphatic heterocycles. The highest BCUT2D eigenvalue weighted by Crippen LogP contribution is 2.37. The zero-order chi connectivity index (χ0) is 24.0. The lowest BCUT2D eigenvalue weighted by atomic mass is 10.1. The van der Waals surface area contributed by atoms with Crippen molar-refractivity contribution in [3.05, 3.63) is 87.1 Å². The third-order valence-corrected chi connectivity index (χ3v) is 5.63. The zero-order valence-electron chi connectivity index (χ0n) is 16.9. The summed E-state index contributed by atoms with van der Waals surface area (Å²) in [6, 6.07) is 14.1. The molecule has 0 spiro atoms. The van der Waals surface area contributed by atoms with Gasteiger partial charge in [0.2, 0.25) is 6.10 Å². The number of nitrogens with one attached hydrogen (secondary N) is 1. The molecule has 0 fully saturated rings. The second-order valence-electron chi connectivity index (χ2n) is 6.86. The Morgan fingerprint density at radius 3 is 2.36 bits per heavy atom. The van der Waals surface area contributed by atoms with Gasteiger partial charge in [-0.05, 0) is 29.6 Å². The topological polar surface area (TPSA) is 72.5 Å². The van der Waals surface area contributed by atoms with Crippen LogP contribution in [0, 0.1) is 0 Å². The van der Waals surface area contributed by atoms with Crippen molar-refractivity contribution in [3.8, 4) is 0 Å². The highest BCUT2D eigenvalue weighted by Gasteiger charge is 2.35. The molecule has 3 rings (SSSR count). The fourth-order valence-corrected chi connectivity index (χ4v) is 3.79. The van der Waals surface area contributed by atoms with E-state index in [1.807, 2.05) is 0 Å². The predicted molar refractivity (Wildman–Crippen MR) is 118 cm³/mol. The normalized spacial score (nSPS) is 12.1. The van der Waals surface area contributed by atoms with Crippen molar-refractivity contribution in [1.82, 2.24) is 0 Å². The van der Waals surface area contributed by atoms with Crippen LogP contribution in [0.15, 0.2) is 66.0 Å². The molecule has 5 nitrogen and oxygen atoms in total. The Balaban J connectivity index is 1.77. The summed E-state index contributed by atoms with van der Waals surface area (Å²) < 4.78 is 45.4. The second-order valence-corrected chi connectivity index (χ2v) is 8.24. The minimum Gasteiger partial charge on any atom is -0.447 e. The van der Waals surface area contributed by atoms with Gasteiger partial charge >= 0.3 is 12.1 Å². The van der Waals surface area contributed by atoms with Crippen molar-refractivity contribution in [3.63, 3.8) is 0 Å². The van der Waals surface area contributed by atoms with Crippen LogP contribution in [0.4, 0.5) is 18.9 Å². The van der Waals surface area contributed by atoms with E-state index in [0.29, 0.717) is 10.9 Å². The third kappa shape index (κ3) is 6.66. The van der Waals surface area contributed by atoms with E-state index in [4.69, 9.17) is 16.3 Å². The van der Waals surface area contributed by atoms with Gasteiger partial charge in [-0.15, -0.1) is 11.3 Å². The molecule has 0 aliphatic carbocycles. The number of carbonyl (C=O) groups is 3. The van der Waals surface area contributed by atoms with Crippen molar-refractivity contribution >= 4 is 46.3 Å². The Labute approximate surface area is 196 Å². The van der Waals surface area contributed by atoms with Crippen LogP contribution in [0.1, 0.15) is 39.7 Å². The molecule has 1 atom stereocenters. The van der Waals surface area contributed by atoms with E-state index >= 15 is 0 Å². The molecule has 1 amide bonds. The van der Waals surface area contributed by atoms with Crippen LogP contribution in [-0.2, 0) is 20.5 Å². The number of halogens is 4. The van der Waals surface area contributed by atoms with Crippen molar-refractivity contribution in [1.29, 1.82) is 0 Å². The molecule has 0 radical (unpaired) electrons. The summed E-state index contributed by atoms with van der Waals surface area (Å²) in [5, 5.41) is 3.75. The van der Waals surface area contributed by atoms with Gasteiger partial charge in [0.25, 0.3) is 5.91 Å². The molecule has 1 heterocycles. The number of hydrogen-bond donors (Lipinski definition) is 1. The van der Waals surface area contributed by atoms with Gasteiger partial charge in [-0.3, -0.25) is 14.4 Å². The second kappa shape index (κ2) is 10.6. The Morgan fingerprint density at radius 1 is 1.00 bits per heavy atom. The average molecular weight is 496 g/mol. The molecule has 3 aromatic rings. The molecule has 0 saturated carbocycles. The maximum Gasteiger partial charge on any atom is 0.418 e. The average Bonchev–Trinajstić information content (AvgIpc) is 3.32. The Morgan fingerprint density at radius 2 is 1.73 bits per heavy atom. The van der Waals surface area contributed by atoms with Crippen molar-refractivity contribution < 1.29 is 32.3 Å². The van der Waals surface area contributed by atoms with Gasteiger partial charge in [0.05, 0.1) is 22.5 Å². The first-order chi connectivity index (χ1) is 15.6. The minimum absolute atomic E-state index is 0.127. The largest absolute Gasteiger partial charge is 0.447 e. The van der Waals surface area contributed by atoms with Crippen LogP contribution < -0.4 is 5.32 Å². The number of benzene rings is 2. The molecule has 0 saturated heterocycles. The lowest BCUT2D eigenvalue weighted by Gasteiger charge is -2.20. The minimum atomic E-state index is -4.77. The zero-order valence-corrected chi connectivity index (χ0v) is 18.5. The number of rotatable bonds is 8. The van der Waals surface area contributed by atoms with Gasteiger partial charge in [0, 0.05) is 17.0 Å². The Kier molecular flexibility index (Phi) is 7.88. The predicted octanol–water partition coefficient (Wildman–Crippen LogP) is 6.31. The Hall–Kier alpha value is -3.17. The summed E-state index contributed by atoms with van der Waals surface area (Å²) in [6.07, 6.45) is -6.71. The first kappa shape index (κ1) is 24.5.